The zero-order valence-corrected chi connectivity index (χ0v) is 22.3. The predicted octanol–water partition coefficient (Wildman–Crippen LogP) is 3.79. The molecule has 206 valence electrons. The van der Waals surface area contributed by atoms with E-state index < -0.39 is 11.6 Å². The van der Waals surface area contributed by atoms with Crippen molar-refractivity contribution in [2.45, 2.75) is 38.5 Å². The highest BCUT2D eigenvalue weighted by molar-refractivity contribution is 5.99. The van der Waals surface area contributed by atoms with E-state index in [-0.39, 0.29) is 35.8 Å². The Morgan fingerprint density at radius 3 is 2.75 bits per heavy atom. The summed E-state index contributed by atoms with van der Waals surface area (Å²) in [5, 5.41) is 19.4. The van der Waals surface area contributed by atoms with Crippen LogP contribution in [-0.4, -0.2) is 49.7 Å². The highest BCUT2D eigenvalue weighted by Gasteiger charge is 2.37. The van der Waals surface area contributed by atoms with Crippen molar-refractivity contribution < 1.29 is 19.4 Å². The molecule has 2 aromatic carbocycles. The molecule has 5 rings (SSSR count). The molecule has 0 fully saturated rings. The molecule has 0 aliphatic carbocycles. The third kappa shape index (κ3) is 5.94. The van der Waals surface area contributed by atoms with Gasteiger partial charge >= 0.3 is 5.97 Å². The van der Waals surface area contributed by atoms with Crippen LogP contribution in [0.15, 0.2) is 73.4 Å². The second-order valence-corrected chi connectivity index (χ2v) is 9.94. The lowest BCUT2D eigenvalue weighted by atomic mass is 9.95. The quantitative estimate of drug-likeness (QED) is 0.165. The number of carbonyl (C=O) groups excluding carboxylic acids is 2. The van der Waals surface area contributed by atoms with Gasteiger partial charge in [0.15, 0.2) is 0 Å². The molecule has 2 aromatic heterocycles. The molecule has 1 amide bonds. The normalized spacial score (nSPS) is 14.2. The van der Waals surface area contributed by atoms with E-state index in [1.807, 2.05) is 61.0 Å². The summed E-state index contributed by atoms with van der Waals surface area (Å²) in [6.07, 6.45) is 7.48. The average molecular weight is 542 g/mol. The van der Waals surface area contributed by atoms with Gasteiger partial charge in [0.25, 0.3) is 5.91 Å². The van der Waals surface area contributed by atoms with E-state index >= 15 is 0 Å². The summed E-state index contributed by atoms with van der Waals surface area (Å²) in [4.78, 5) is 38.3. The molecule has 1 aliphatic rings. The number of nitrogens with zero attached hydrogens (tertiary/aromatic N) is 4. The molecule has 4 N–H and O–H groups in total. The van der Waals surface area contributed by atoms with Gasteiger partial charge in [-0.25, -0.2) is 14.8 Å². The molecule has 0 bridgehead atoms. The third-order valence-electron chi connectivity index (χ3n) is 6.66. The standard InChI is InChI=1S/C29H31N7O4/c1-29(2)23-15-20(9-10-21(23)27(39)40-29)33-28-32-16-22(26(38)31-11-6-13-36-14-12-30-18-36)25(35-28)34-24(17-37)19-7-4-3-5-8-19/h3-5,7-10,12,14-16,18,24,37H,6,11,13,17H2,1-2H3,(H,31,38)(H2,32,33,34,35). The number of hydrogen-bond donors (Lipinski definition) is 4. The van der Waals surface area contributed by atoms with Gasteiger partial charge in [0.05, 0.1) is 24.5 Å². The second-order valence-electron chi connectivity index (χ2n) is 9.94. The predicted molar refractivity (Wildman–Crippen MR) is 149 cm³/mol. The number of aryl methyl sites for hydroxylation is 1. The topological polar surface area (TPSA) is 143 Å². The van der Waals surface area contributed by atoms with E-state index in [0.29, 0.717) is 17.8 Å². The first-order valence-electron chi connectivity index (χ1n) is 13.0. The van der Waals surface area contributed by atoms with Gasteiger partial charge in [0.1, 0.15) is 17.0 Å². The van der Waals surface area contributed by atoms with Crippen LogP contribution in [0.5, 0.6) is 0 Å². The average Bonchev–Trinajstić information content (AvgIpc) is 3.55. The number of ether oxygens (including phenoxy) is 1. The van der Waals surface area contributed by atoms with Crippen LogP contribution in [0.2, 0.25) is 0 Å². The Bertz CT molecular complexity index is 1490. The highest BCUT2D eigenvalue weighted by Crippen LogP contribution is 2.37. The fourth-order valence-electron chi connectivity index (χ4n) is 4.55. The minimum atomic E-state index is -0.748. The summed E-state index contributed by atoms with van der Waals surface area (Å²) in [5.74, 6) is -0.176. The molecule has 11 nitrogen and oxygen atoms in total. The minimum Gasteiger partial charge on any atom is -0.451 e. The van der Waals surface area contributed by atoms with Crippen LogP contribution in [0.3, 0.4) is 0 Å². The number of fused-ring (bicyclic) bond motifs is 1. The van der Waals surface area contributed by atoms with Crippen molar-refractivity contribution in [3.8, 4) is 0 Å². The summed E-state index contributed by atoms with van der Waals surface area (Å²) < 4.78 is 7.41. The Morgan fingerprint density at radius 2 is 2.00 bits per heavy atom. The zero-order chi connectivity index (χ0) is 28.1. The molecule has 4 aromatic rings. The number of aliphatic hydroxyl groups is 1. The lowest BCUT2D eigenvalue weighted by molar-refractivity contribution is 0.00953. The van der Waals surface area contributed by atoms with E-state index in [1.54, 1.807) is 24.7 Å². The molecule has 0 saturated carbocycles. The first-order valence-corrected chi connectivity index (χ1v) is 13.0. The number of imidazole rings is 1. The third-order valence-corrected chi connectivity index (χ3v) is 6.66. The van der Waals surface area contributed by atoms with Gasteiger partial charge in [0.2, 0.25) is 5.95 Å². The molecular formula is C29H31N7O4. The summed E-state index contributed by atoms with van der Waals surface area (Å²) in [6.45, 7) is 4.63. The van der Waals surface area contributed by atoms with Gasteiger partial charge in [0, 0.05) is 42.9 Å². The van der Waals surface area contributed by atoms with E-state index in [4.69, 9.17) is 4.74 Å². The molecule has 3 heterocycles. The molecule has 0 saturated heterocycles. The number of anilines is 3. The lowest BCUT2D eigenvalue weighted by Gasteiger charge is -2.20. The van der Waals surface area contributed by atoms with Crippen molar-refractivity contribution in [3.05, 3.63) is 95.7 Å². The smallest absolute Gasteiger partial charge is 0.339 e. The molecule has 11 heteroatoms. The highest BCUT2D eigenvalue weighted by atomic mass is 16.6. The number of cyclic esters (lactones) is 1. The Morgan fingerprint density at radius 1 is 1.18 bits per heavy atom. The Balaban J connectivity index is 1.38. The first-order chi connectivity index (χ1) is 19.3. The molecule has 1 aliphatic heterocycles. The molecule has 40 heavy (non-hydrogen) atoms. The van der Waals surface area contributed by atoms with Crippen LogP contribution in [-0.2, 0) is 16.9 Å². The van der Waals surface area contributed by atoms with Gasteiger partial charge < -0.3 is 30.4 Å². The van der Waals surface area contributed by atoms with Crippen LogP contribution in [0.25, 0.3) is 0 Å². The van der Waals surface area contributed by atoms with Gasteiger partial charge in [-0.2, -0.15) is 4.98 Å². The maximum Gasteiger partial charge on any atom is 0.339 e. The van der Waals surface area contributed by atoms with Crippen molar-refractivity contribution in [1.82, 2.24) is 24.8 Å². The maximum absolute atomic E-state index is 13.2. The largest absolute Gasteiger partial charge is 0.451 e. The van der Waals surface area contributed by atoms with Crippen LogP contribution in [0, 0.1) is 0 Å². The summed E-state index contributed by atoms with van der Waals surface area (Å²) in [5.41, 5.74) is 2.28. The molecule has 1 atom stereocenters. The summed E-state index contributed by atoms with van der Waals surface area (Å²) >= 11 is 0. The van der Waals surface area contributed by atoms with Crippen molar-refractivity contribution in [2.75, 3.05) is 23.8 Å². The number of aliphatic hydroxyl groups excluding tert-OH is 1. The Hall–Kier alpha value is -4.77. The number of carbonyl (C=O) groups is 2. The minimum absolute atomic E-state index is 0.212. The van der Waals surface area contributed by atoms with Crippen molar-refractivity contribution >= 4 is 29.3 Å². The van der Waals surface area contributed by atoms with Crippen molar-refractivity contribution in [3.63, 3.8) is 0 Å². The van der Waals surface area contributed by atoms with Crippen LogP contribution < -0.4 is 16.0 Å². The summed E-state index contributed by atoms with van der Waals surface area (Å²) in [7, 11) is 0. The van der Waals surface area contributed by atoms with Gasteiger partial charge in [-0.1, -0.05) is 30.3 Å². The SMILES string of the molecule is CC1(C)OC(=O)c2ccc(Nc3ncc(C(=O)NCCCn4ccnc4)c(NC(CO)c4ccccc4)n3)cc21. The summed E-state index contributed by atoms with van der Waals surface area (Å²) in [6, 6.07) is 14.2. The molecular weight excluding hydrogens is 510 g/mol. The molecule has 0 radical (unpaired) electrons. The van der Waals surface area contributed by atoms with E-state index in [0.717, 1.165) is 24.1 Å². The number of rotatable bonds is 11. The fourth-order valence-corrected chi connectivity index (χ4v) is 4.55. The van der Waals surface area contributed by atoms with Crippen molar-refractivity contribution in [1.29, 1.82) is 0 Å². The van der Waals surface area contributed by atoms with Crippen molar-refractivity contribution in [2.24, 2.45) is 0 Å². The van der Waals surface area contributed by atoms with Gasteiger partial charge in [-0.05, 0) is 44.0 Å². The number of amides is 1. The lowest BCUT2D eigenvalue weighted by Crippen LogP contribution is -2.27. The van der Waals surface area contributed by atoms with Gasteiger partial charge in [-0.15, -0.1) is 0 Å². The van der Waals surface area contributed by atoms with E-state index in [9.17, 15) is 14.7 Å². The van der Waals surface area contributed by atoms with Crippen LogP contribution in [0.4, 0.5) is 17.5 Å². The second kappa shape index (κ2) is 11.5. The number of hydrogen-bond acceptors (Lipinski definition) is 9. The molecule has 0 spiro atoms. The van der Waals surface area contributed by atoms with Crippen LogP contribution in [0.1, 0.15) is 58.2 Å². The number of aromatic nitrogens is 4. The van der Waals surface area contributed by atoms with Crippen LogP contribution >= 0.6 is 0 Å². The maximum atomic E-state index is 13.2. The first kappa shape index (κ1) is 26.8. The Kier molecular flexibility index (Phi) is 7.74. The monoisotopic (exact) mass is 541 g/mol. The Labute approximate surface area is 231 Å². The van der Waals surface area contributed by atoms with E-state index in [1.165, 1.54) is 6.20 Å². The number of nitrogens with one attached hydrogen (secondary N) is 3. The van der Waals surface area contributed by atoms with Gasteiger partial charge in [-0.3, -0.25) is 4.79 Å². The number of benzene rings is 2. The van der Waals surface area contributed by atoms with E-state index in [2.05, 4.69) is 30.9 Å². The fraction of sp³-hybridized carbons (Fsp3) is 0.276. The molecule has 1 unspecified atom stereocenters. The number of esters is 1. The zero-order valence-electron chi connectivity index (χ0n) is 22.3.